The Balaban J connectivity index is 2.17. The smallest absolute Gasteiger partial charge is 0.307 e. The molecule has 2 heterocycles. The maximum Gasteiger partial charge on any atom is 0.307 e. The lowest BCUT2D eigenvalue weighted by molar-refractivity contribution is -0.136. The number of halogens is 1. The van der Waals surface area contributed by atoms with Crippen molar-refractivity contribution in [3.05, 3.63) is 46.2 Å². The molecule has 0 spiro atoms. The number of ether oxygens (including phenoxy) is 1. The molecule has 2 aromatic heterocycles. The van der Waals surface area contributed by atoms with Crippen molar-refractivity contribution in [3.8, 4) is 5.75 Å². The molecule has 0 bridgehead atoms. The molecule has 0 radical (unpaired) electrons. The maximum atomic E-state index is 14.2. The molecule has 0 saturated carbocycles. The van der Waals surface area contributed by atoms with Gasteiger partial charge in [0.05, 0.1) is 23.3 Å². The molecule has 0 saturated heterocycles. The van der Waals surface area contributed by atoms with Crippen LogP contribution in [0.25, 0.3) is 10.9 Å². The molecule has 7 heteroatoms. The lowest BCUT2D eigenvalue weighted by atomic mass is 10.1. The Morgan fingerprint density at radius 3 is 2.76 bits per heavy atom. The van der Waals surface area contributed by atoms with Crippen molar-refractivity contribution in [2.75, 3.05) is 13.4 Å². The highest BCUT2D eigenvalue weighted by atomic mass is 32.2. The SMILES string of the molecule is COc1cc2c(CC(=O)O)c(C)n(Cc3csc(SC)c3)c2cc1F. The quantitative estimate of drug-likeness (QED) is 0.638. The van der Waals surface area contributed by atoms with Gasteiger partial charge in [0.15, 0.2) is 11.6 Å². The summed E-state index contributed by atoms with van der Waals surface area (Å²) < 4.78 is 22.5. The van der Waals surface area contributed by atoms with Gasteiger partial charge >= 0.3 is 5.97 Å². The predicted octanol–water partition coefficient (Wildman–Crippen LogP) is 4.56. The van der Waals surface area contributed by atoms with E-state index >= 15 is 0 Å². The fraction of sp³-hybridized carbons (Fsp3) is 0.278. The molecule has 132 valence electrons. The number of thiophene rings is 1. The van der Waals surface area contributed by atoms with E-state index < -0.39 is 11.8 Å². The van der Waals surface area contributed by atoms with Crippen molar-refractivity contribution in [3.63, 3.8) is 0 Å². The zero-order valence-electron chi connectivity index (χ0n) is 14.1. The van der Waals surface area contributed by atoms with Gasteiger partial charge < -0.3 is 14.4 Å². The number of nitrogens with zero attached hydrogens (tertiary/aromatic N) is 1. The monoisotopic (exact) mass is 379 g/mol. The Labute approximate surface area is 153 Å². The van der Waals surface area contributed by atoms with Crippen LogP contribution < -0.4 is 4.74 Å². The van der Waals surface area contributed by atoms with E-state index in [1.807, 2.05) is 17.7 Å². The molecule has 1 N–H and O–H groups in total. The topological polar surface area (TPSA) is 51.5 Å². The lowest BCUT2D eigenvalue weighted by Crippen LogP contribution is -2.04. The third-order valence-electron chi connectivity index (χ3n) is 4.23. The van der Waals surface area contributed by atoms with Crippen molar-refractivity contribution < 1.29 is 19.0 Å². The lowest BCUT2D eigenvalue weighted by Gasteiger charge is -2.08. The van der Waals surface area contributed by atoms with Crippen LogP contribution in [0.3, 0.4) is 0 Å². The van der Waals surface area contributed by atoms with Gasteiger partial charge in [0, 0.05) is 23.7 Å². The minimum atomic E-state index is -0.911. The van der Waals surface area contributed by atoms with Crippen LogP contribution in [0.15, 0.2) is 27.8 Å². The number of thioether (sulfide) groups is 1. The average Bonchev–Trinajstić information content (AvgIpc) is 3.12. The van der Waals surface area contributed by atoms with Crippen LogP contribution in [-0.2, 0) is 17.8 Å². The highest BCUT2D eigenvalue weighted by Crippen LogP contribution is 2.33. The summed E-state index contributed by atoms with van der Waals surface area (Å²) in [5, 5.41) is 12.0. The third-order valence-corrected chi connectivity index (χ3v) is 6.31. The molecule has 25 heavy (non-hydrogen) atoms. The van der Waals surface area contributed by atoms with Crippen molar-refractivity contribution in [1.29, 1.82) is 0 Å². The van der Waals surface area contributed by atoms with Gasteiger partial charge in [-0.25, -0.2) is 4.39 Å². The number of methoxy groups -OCH3 is 1. The molecular weight excluding hydrogens is 361 g/mol. The average molecular weight is 379 g/mol. The Hall–Kier alpha value is -1.99. The van der Waals surface area contributed by atoms with E-state index in [0.29, 0.717) is 17.6 Å². The fourth-order valence-corrected chi connectivity index (χ4v) is 4.43. The van der Waals surface area contributed by atoms with Crippen LogP contribution in [0, 0.1) is 12.7 Å². The molecule has 3 rings (SSSR count). The third kappa shape index (κ3) is 3.39. The Bertz CT molecular complexity index is 946. The number of rotatable bonds is 6. The second kappa shape index (κ2) is 7.09. The van der Waals surface area contributed by atoms with Gasteiger partial charge in [-0.3, -0.25) is 4.79 Å². The molecule has 3 aromatic rings. The second-order valence-corrected chi connectivity index (χ2v) is 7.72. The summed E-state index contributed by atoms with van der Waals surface area (Å²) in [5.74, 6) is -1.24. The highest BCUT2D eigenvalue weighted by Gasteiger charge is 2.19. The number of hydrogen-bond donors (Lipinski definition) is 1. The molecule has 0 amide bonds. The summed E-state index contributed by atoms with van der Waals surface area (Å²) in [7, 11) is 1.40. The molecule has 4 nitrogen and oxygen atoms in total. The van der Waals surface area contributed by atoms with Crippen LogP contribution >= 0.6 is 23.1 Å². The zero-order valence-corrected chi connectivity index (χ0v) is 15.8. The van der Waals surface area contributed by atoms with E-state index in [1.54, 1.807) is 29.2 Å². The normalized spacial score (nSPS) is 11.2. The first kappa shape index (κ1) is 17.8. The van der Waals surface area contributed by atoms with E-state index in [2.05, 4.69) is 11.4 Å². The van der Waals surface area contributed by atoms with Gasteiger partial charge in [-0.1, -0.05) is 0 Å². The van der Waals surface area contributed by atoms with Crippen molar-refractivity contribution >= 4 is 40.0 Å². The van der Waals surface area contributed by atoms with Gasteiger partial charge in [0.25, 0.3) is 0 Å². The van der Waals surface area contributed by atoms with Crippen LogP contribution in [-0.4, -0.2) is 29.0 Å². The number of hydrogen-bond acceptors (Lipinski definition) is 4. The Kier molecular flexibility index (Phi) is 5.06. The molecule has 0 unspecified atom stereocenters. The van der Waals surface area contributed by atoms with Gasteiger partial charge in [0.1, 0.15) is 0 Å². The van der Waals surface area contributed by atoms with E-state index in [9.17, 15) is 14.3 Å². The maximum absolute atomic E-state index is 14.2. The molecule has 0 fully saturated rings. The van der Waals surface area contributed by atoms with E-state index in [4.69, 9.17) is 4.74 Å². The molecule has 0 atom stereocenters. The minimum Gasteiger partial charge on any atom is -0.494 e. The summed E-state index contributed by atoms with van der Waals surface area (Å²) in [6.07, 6.45) is 1.92. The minimum absolute atomic E-state index is 0.107. The zero-order chi connectivity index (χ0) is 18.1. The van der Waals surface area contributed by atoms with E-state index in [-0.39, 0.29) is 12.2 Å². The van der Waals surface area contributed by atoms with Crippen LogP contribution in [0.2, 0.25) is 0 Å². The number of carboxylic acids is 1. The number of benzene rings is 1. The summed E-state index contributed by atoms with van der Waals surface area (Å²) in [5.41, 5.74) is 3.33. The first-order valence-electron chi connectivity index (χ1n) is 7.63. The van der Waals surface area contributed by atoms with Crippen molar-refractivity contribution in [2.24, 2.45) is 0 Å². The number of aromatic nitrogens is 1. The van der Waals surface area contributed by atoms with Gasteiger partial charge in [-0.15, -0.1) is 23.1 Å². The largest absolute Gasteiger partial charge is 0.494 e. The van der Waals surface area contributed by atoms with Crippen LogP contribution in [0.1, 0.15) is 16.8 Å². The first-order chi connectivity index (χ1) is 11.9. The molecule has 1 aromatic carbocycles. The van der Waals surface area contributed by atoms with E-state index in [0.717, 1.165) is 16.6 Å². The van der Waals surface area contributed by atoms with Crippen molar-refractivity contribution in [2.45, 2.75) is 24.1 Å². The van der Waals surface area contributed by atoms with Crippen molar-refractivity contribution in [1.82, 2.24) is 4.57 Å². The molecule has 0 aliphatic heterocycles. The van der Waals surface area contributed by atoms with Gasteiger partial charge in [0.2, 0.25) is 0 Å². The standard InChI is InChI=1S/C18H18FNO3S2/c1-10-12(6-17(21)22)13-5-16(23-2)14(19)7-15(13)20(10)8-11-4-18(24-3)25-9-11/h4-5,7,9H,6,8H2,1-3H3,(H,21,22). The highest BCUT2D eigenvalue weighted by molar-refractivity contribution is 8.00. The first-order valence-corrected chi connectivity index (χ1v) is 9.73. The van der Waals surface area contributed by atoms with Crippen LogP contribution in [0.5, 0.6) is 5.75 Å². The van der Waals surface area contributed by atoms with Gasteiger partial charge in [-0.05, 0) is 41.8 Å². The molecule has 0 aliphatic carbocycles. The van der Waals surface area contributed by atoms with Gasteiger partial charge in [-0.2, -0.15) is 0 Å². The Morgan fingerprint density at radius 2 is 2.16 bits per heavy atom. The van der Waals surface area contributed by atoms with Crippen LogP contribution in [0.4, 0.5) is 4.39 Å². The molecule has 0 aliphatic rings. The number of fused-ring (bicyclic) bond motifs is 1. The Morgan fingerprint density at radius 1 is 1.40 bits per heavy atom. The summed E-state index contributed by atoms with van der Waals surface area (Å²) >= 11 is 3.35. The predicted molar refractivity (Wildman–Crippen MR) is 99.7 cm³/mol. The van der Waals surface area contributed by atoms with E-state index in [1.165, 1.54) is 17.4 Å². The summed E-state index contributed by atoms with van der Waals surface area (Å²) in [6, 6.07) is 5.12. The number of carbonyl (C=O) groups is 1. The summed E-state index contributed by atoms with van der Waals surface area (Å²) in [4.78, 5) is 11.3. The second-order valence-electron chi connectivity index (χ2n) is 5.70. The fourth-order valence-electron chi connectivity index (χ4n) is 3.01. The molecular formula is C18H18FNO3S2. The number of aliphatic carboxylic acids is 1. The number of carboxylic acid groups (broad SMARTS) is 1. The summed E-state index contributed by atoms with van der Waals surface area (Å²) in [6.45, 7) is 2.45.